The van der Waals surface area contributed by atoms with Gasteiger partial charge in [-0.1, -0.05) is 6.92 Å². The third-order valence-electron chi connectivity index (χ3n) is 3.58. The molecule has 0 atom stereocenters. The minimum Gasteiger partial charge on any atom is -0.356 e. The summed E-state index contributed by atoms with van der Waals surface area (Å²) in [4.78, 5) is 8.18. The van der Waals surface area contributed by atoms with E-state index >= 15 is 0 Å². The van der Waals surface area contributed by atoms with Gasteiger partial charge >= 0.3 is 0 Å². The quantitative estimate of drug-likeness (QED) is 0.673. The molecule has 1 N–H and O–H groups in total. The van der Waals surface area contributed by atoms with Crippen molar-refractivity contribution < 1.29 is 0 Å². The average molecular weight is 344 g/mol. The summed E-state index contributed by atoms with van der Waals surface area (Å²) >= 11 is 5.31. The molecular formula is C14H22BrN3S. The predicted molar refractivity (Wildman–Crippen MR) is 87.1 cm³/mol. The van der Waals surface area contributed by atoms with Crippen LogP contribution in [0.25, 0.3) is 0 Å². The van der Waals surface area contributed by atoms with Crippen molar-refractivity contribution in [2.24, 2.45) is 10.9 Å². The Morgan fingerprint density at radius 3 is 2.79 bits per heavy atom. The predicted octanol–water partition coefficient (Wildman–Crippen LogP) is 3.36. The smallest absolute Gasteiger partial charge is 0.193 e. The molecule has 0 amide bonds. The molecule has 2 heterocycles. The summed E-state index contributed by atoms with van der Waals surface area (Å²) in [5.41, 5.74) is 0. The first-order chi connectivity index (χ1) is 9.19. The van der Waals surface area contributed by atoms with E-state index in [2.05, 4.69) is 50.2 Å². The van der Waals surface area contributed by atoms with Crippen LogP contribution in [0.2, 0.25) is 0 Å². The number of guanidine groups is 1. The third-order valence-corrected chi connectivity index (χ3v) is 5.26. The van der Waals surface area contributed by atoms with Gasteiger partial charge in [-0.25, -0.2) is 0 Å². The molecule has 1 aliphatic rings. The van der Waals surface area contributed by atoms with E-state index < -0.39 is 0 Å². The van der Waals surface area contributed by atoms with Crippen LogP contribution in [0.15, 0.2) is 20.9 Å². The molecule has 0 unspecified atom stereocenters. The molecule has 1 saturated heterocycles. The van der Waals surface area contributed by atoms with E-state index in [-0.39, 0.29) is 0 Å². The Morgan fingerprint density at radius 2 is 2.21 bits per heavy atom. The maximum absolute atomic E-state index is 4.40. The fraction of sp³-hybridized carbons (Fsp3) is 0.643. The molecule has 0 radical (unpaired) electrons. The van der Waals surface area contributed by atoms with Crippen LogP contribution in [-0.2, 0) is 6.42 Å². The van der Waals surface area contributed by atoms with E-state index in [1.807, 2.05) is 7.05 Å². The highest BCUT2D eigenvalue weighted by molar-refractivity contribution is 9.11. The fourth-order valence-corrected chi connectivity index (χ4v) is 3.82. The Balaban J connectivity index is 1.77. The molecule has 1 aromatic rings. The maximum Gasteiger partial charge on any atom is 0.193 e. The number of nitrogens with one attached hydrogen (secondary N) is 1. The number of likely N-dealkylation sites (tertiary alicyclic amines) is 1. The first-order valence-corrected chi connectivity index (χ1v) is 8.50. The SMILES string of the molecule is CN=C(NCCc1ccc(Br)s1)N1CCC(C)CC1. The molecule has 0 bridgehead atoms. The largest absolute Gasteiger partial charge is 0.356 e. The summed E-state index contributed by atoms with van der Waals surface area (Å²) in [6, 6.07) is 4.29. The van der Waals surface area contributed by atoms with Gasteiger partial charge in [-0.3, -0.25) is 4.99 Å². The minimum absolute atomic E-state index is 0.859. The van der Waals surface area contributed by atoms with E-state index in [0.29, 0.717) is 0 Å². The molecule has 1 aromatic heterocycles. The van der Waals surface area contributed by atoms with Crippen molar-refractivity contribution in [2.45, 2.75) is 26.2 Å². The van der Waals surface area contributed by atoms with Crippen LogP contribution in [0.3, 0.4) is 0 Å². The van der Waals surface area contributed by atoms with Crippen LogP contribution in [0.5, 0.6) is 0 Å². The molecule has 0 spiro atoms. The van der Waals surface area contributed by atoms with Gasteiger partial charge in [-0.05, 0) is 53.2 Å². The molecule has 1 fully saturated rings. The molecule has 106 valence electrons. The summed E-state index contributed by atoms with van der Waals surface area (Å²) in [5, 5.41) is 3.48. The Bertz CT molecular complexity index is 422. The Labute approximate surface area is 128 Å². The molecule has 0 aliphatic carbocycles. The summed E-state index contributed by atoms with van der Waals surface area (Å²) in [7, 11) is 1.88. The van der Waals surface area contributed by atoms with Gasteiger partial charge in [0.2, 0.25) is 0 Å². The van der Waals surface area contributed by atoms with Crippen LogP contribution >= 0.6 is 27.3 Å². The van der Waals surface area contributed by atoms with Gasteiger partial charge in [0, 0.05) is 31.6 Å². The highest BCUT2D eigenvalue weighted by Crippen LogP contribution is 2.22. The normalized spacial score (nSPS) is 17.8. The number of aliphatic imine (C=N–C) groups is 1. The molecule has 3 nitrogen and oxygen atoms in total. The number of nitrogens with zero attached hydrogens (tertiary/aromatic N) is 2. The lowest BCUT2D eigenvalue weighted by Crippen LogP contribution is -2.45. The zero-order chi connectivity index (χ0) is 13.7. The van der Waals surface area contributed by atoms with Crippen LogP contribution in [0.1, 0.15) is 24.6 Å². The topological polar surface area (TPSA) is 27.6 Å². The molecular weight excluding hydrogens is 322 g/mol. The Kier molecular flexibility index (Phi) is 5.70. The van der Waals surface area contributed by atoms with Gasteiger partial charge in [0.15, 0.2) is 5.96 Å². The zero-order valence-electron chi connectivity index (χ0n) is 11.7. The minimum atomic E-state index is 0.859. The number of thiophene rings is 1. The van der Waals surface area contributed by atoms with Gasteiger partial charge in [-0.15, -0.1) is 11.3 Å². The van der Waals surface area contributed by atoms with Crippen molar-refractivity contribution in [3.63, 3.8) is 0 Å². The van der Waals surface area contributed by atoms with E-state index in [0.717, 1.165) is 37.9 Å². The van der Waals surface area contributed by atoms with Gasteiger partial charge in [0.1, 0.15) is 0 Å². The number of piperidine rings is 1. The Hall–Kier alpha value is -0.550. The molecule has 0 aromatic carbocycles. The zero-order valence-corrected chi connectivity index (χ0v) is 14.1. The lowest BCUT2D eigenvalue weighted by Gasteiger charge is -2.32. The highest BCUT2D eigenvalue weighted by atomic mass is 79.9. The molecule has 2 rings (SSSR count). The first-order valence-electron chi connectivity index (χ1n) is 6.89. The van der Waals surface area contributed by atoms with Crippen LogP contribution in [-0.4, -0.2) is 37.5 Å². The first kappa shape index (κ1) is 14.9. The highest BCUT2D eigenvalue weighted by Gasteiger charge is 2.18. The molecule has 5 heteroatoms. The lowest BCUT2D eigenvalue weighted by molar-refractivity contribution is 0.273. The monoisotopic (exact) mass is 343 g/mol. The average Bonchev–Trinajstić information content (AvgIpc) is 2.82. The number of hydrogen-bond donors (Lipinski definition) is 1. The van der Waals surface area contributed by atoms with E-state index in [1.54, 1.807) is 11.3 Å². The second kappa shape index (κ2) is 7.29. The molecule has 1 aliphatic heterocycles. The van der Waals surface area contributed by atoms with Crippen LogP contribution in [0.4, 0.5) is 0 Å². The number of rotatable bonds is 3. The summed E-state index contributed by atoms with van der Waals surface area (Å²) in [6.45, 7) is 5.55. The fourth-order valence-electron chi connectivity index (χ4n) is 2.34. The third kappa shape index (κ3) is 4.49. The van der Waals surface area contributed by atoms with Crippen molar-refractivity contribution in [1.29, 1.82) is 0 Å². The van der Waals surface area contributed by atoms with Gasteiger partial charge in [-0.2, -0.15) is 0 Å². The molecule has 0 saturated carbocycles. The number of halogens is 1. The van der Waals surface area contributed by atoms with Crippen LogP contribution < -0.4 is 5.32 Å². The van der Waals surface area contributed by atoms with Crippen molar-refractivity contribution in [1.82, 2.24) is 10.2 Å². The van der Waals surface area contributed by atoms with Crippen molar-refractivity contribution >= 4 is 33.2 Å². The lowest BCUT2D eigenvalue weighted by atomic mass is 10.00. The van der Waals surface area contributed by atoms with E-state index in [1.165, 1.54) is 21.5 Å². The molecule has 19 heavy (non-hydrogen) atoms. The Morgan fingerprint density at radius 1 is 1.47 bits per heavy atom. The van der Waals surface area contributed by atoms with Crippen LogP contribution in [0, 0.1) is 5.92 Å². The van der Waals surface area contributed by atoms with Crippen molar-refractivity contribution in [3.05, 3.63) is 20.8 Å². The van der Waals surface area contributed by atoms with E-state index in [9.17, 15) is 0 Å². The second-order valence-electron chi connectivity index (χ2n) is 5.10. The van der Waals surface area contributed by atoms with E-state index in [4.69, 9.17) is 0 Å². The maximum atomic E-state index is 4.40. The van der Waals surface area contributed by atoms with Crippen molar-refractivity contribution in [2.75, 3.05) is 26.7 Å². The number of hydrogen-bond acceptors (Lipinski definition) is 2. The summed E-state index contributed by atoms with van der Waals surface area (Å²) in [5.74, 6) is 1.92. The van der Waals surface area contributed by atoms with Gasteiger partial charge in [0.25, 0.3) is 0 Å². The summed E-state index contributed by atoms with van der Waals surface area (Å²) < 4.78 is 1.21. The standard InChI is InChI=1S/C14H22BrN3S/c1-11-6-9-18(10-7-11)14(16-2)17-8-5-12-3-4-13(15)19-12/h3-4,11H,5-10H2,1-2H3,(H,16,17). The summed E-state index contributed by atoms with van der Waals surface area (Å²) in [6.07, 6.45) is 3.61. The van der Waals surface area contributed by atoms with Gasteiger partial charge < -0.3 is 10.2 Å². The second-order valence-corrected chi connectivity index (χ2v) is 7.65. The van der Waals surface area contributed by atoms with Crippen molar-refractivity contribution in [3.8, 4) is 0 Å². The van der Waals surface area contributed by atoms with Gasteiger partial charge in [0.05, 0.1) is 3.79 Å².